The molecule has 0 radical (unpaired) electrons. The highest BCUT2D eigenvalue weighted by atomic mass is 16.5. The van der Waals surface area contributed by atoms with Crippen LogP contribution in [0.4, 0.5) is 0 Å². The summed E-state index contributed by atoms with van der Waals surface area (Å²) >= 11 is 0. The number of nitrogens with one attached hydrogen (secondary N) is 1. The smallest absolute Gasteiger partial charge is 0.252 e. The van der Waals surface area contributed by atoms with E-state index in [0.717, 1.165) is 26.3 Å². The minimum Gasteiger partial charge on any atom is -0.379 e. The first-order valence-electron chi connectivity index (χ1n) is 7.18. The van der Waals surface area contributed by atoms with Crippen LogP contribution in [0.1, 0.15) is 24.2 Å². The van der Waals surface area contributed by atoms with Gasteiger partial charge in [0, 0.05) is 38.1 Å². The van der Waals surface area contributed by atoms with Gasteiger partial charge in [-0.3, -0.25) is 14.7 Å². The summed E-state index contributed by atoms with van der Waals surface area (Å²) in [7, 11) is 0. The van der Waals surface area contributed by atoms with Crippen LogP contribution >= 0.6 is 0 Å². The molecule has 1 aliphatic heterocycles. The predicted octanol–water partition coefficient (Wildman–Crippen LogP) is 1.17. The van der Waals surface area contributed by atoms with Crippen molar-refractivity contribution in [2.75, 3.05) is 32.8 Å². The summed E-state index contributed by atoms with van der Waals surface area (Å²) in [6.07, 6.45) is 3.26. The summed E-state index contributed by atoms with van der Waals surface area (Å²) in [4.78, 5) is 18.4. The van der Waals surface area contributed by atoms with Gasteiger partial charge >= 0.3 is 0 Å². The van der Waals surface area contributed by atoms with Crippen LogP contribution in [0.2, 0.25) is 0 Å². The van der Waals surface area contributed by atoms with Gasteiger partial charge in [-0.1, -0.05) is 13.8 Å². The standard InChI is InChI=1S/C15H23N3O2/c1-12(2)14(18-6-8-20-9-7-18)11-17-15(19)13-4-3-5-16-10-13/h3-5,10,12,14H,6-9,11H2,1-2H3,(H,17,19). The van der Waals surface area contributed by atoms with Crippen LogP contribution in [-0.4, -0.2) is 54.7 Å². The molecule has 1 aliphatic rings. The lowest BCUT2D eigenvalue weighted by molar-refractivity contribution is 0.00672. The molecule has 0 aliphatic carbocycles. The lowest BCUT2D eigenvalue weighted by atomic mass is 10.0. The van der Waals surface area contributed by atoms with E-state index in [-0.39, 0.29) is 5.91 Å². The maximum Gasteiger partial charge on any atom is 0.252 e. The molecule has 110 valence electrons. The molecule has 2 rings (SSSR count). The zero-order chi connectivity index (χ0) is 14.4. The van der Waals surface area contributed by atoms with Crippen molar-refractivity contribution in [1.29, 1.82) is 0 Å². The molecule has 1 unspecified atom stereocenters. The summed E-state index contributed by atoms with van der Waals surface area (Å²) in [6.45, 7) is 8.47. The van der Waals surface area contributed by atoms with Crippen molar-refractivity contribution in [2.45, 2.75) is 19.9 Å². The quantitative estimate of drug-likeness (QED) is 0.878. The van der Waals surface area contributed by atoms with Gasteiger partial charge in [0.05, 0.1) is 18.8 Å². The Morgan fingerprint density at radius 1 is 1.45 bits per heavy atom. The summed E-state index contributed by atoms with van der Waals surface area (Å²) in [6, 6.07) is 3.90. The van der Waals surface area contributed by atoms with E-state index in [2.05, 4.69) is 29.0 Å². The second kappa shape index (κ2) is 7.36. The molecule has 5 heteroatoms. The highest BCUT2D eigenvalue weighted by Gasteiger charge is 2.24. The Balaban J connectivity index is 1.90. The summed E-state index contributed by atoms with van der Waals surface area (Å²) in [5.41, 5.74) is 0.608. The van der Waals surface area contributed by atoms with Crippen molar-refractivity contribution in [2.24, 2.45) is 5.92 Å². The SMILES string of the molecule is CC(C)C(CNC(=O)c1cccnc1)N1CCOCC1. The number of amides is 1. The number of rotatable bonds is 5. The van der Waals surface area contributed by atoms with Crippen molar-refractivity contribution in [3.8, 4) is 0 Å². The average Bonchev–Trinajstić information content (AvgIpc) is 2.49. The van der Waals surface area contributed by atoms with Crippen LogP contribution in [0.25, 0.3) is 0 Å². The summed E-state index contributed by atoms with van der Waals surface area (Å²) in [5.74, 6) is 0.430. The number of ether oxygens (including phenoxy) is 1. The molecule has 0 spiro atoms. The normalized spacial score (nSPS) is 17.9. The van der Waals surface area contributed by atoms with E-state index in [1.807, 2.05) is 0 Å². The van der Waals surface area contributed by atoms with Crippen LogP contribution < -0.4 is 5.32 Å². The second-order valence-corrected chi connectivity index (χ2v) is 5.41. The Morgan fingerprint density at radius 2 is 2.20 bits per heavy atom. The Bertz CT molecular complexity index is 416. The molecule has 5 nitrogen and oxygen atoms in total. The summed E-state index contributed by atoms with van der Waals surface area (Å²) in [5, 5.41) is 3.02. The van der Waals surface area contributed by atoms with Gasteiger partial charge in [-0.05, 0) is 18.1 Å². The molecule has 1 saturated heterocycles. The first-order chi connectivity index (χ1) is 9.68. The van der Waals surface area contributed by atoms with Crippen LogP contribution in [0.3, 0.4) is 0 Å². The molecular formula is C15H23N3O2. The van der Waals surface area contributed by atoms with Gasteiger partial charge in [-0.25, -0.2) is 0 Å². The predicted molar refractivity (Wildman–Crippen MR) is 77.6 cm³/mol. The highest BCUT2D eigenvalue weighted by molar-refractivity contribution is 5.93. The molecule has 1 fully saturated rings. The monoisotopic (exact) mass is 277 g/mol. The molecular weight excluding hydrogens is 254 g/mol. The third kappa shape index (κ3) is 4.02. The molecule has 0 aromatic carbocycles. The summed E-state index contributed by atoms with van der Waals surface area (Å²) < 4.78 is 5.39. The Kier molecular flexibility index (Phi) is 5.49. The van der Waals surface area contributed by atoms with Crippen molar-refractivity contribution >= 4 is 5.91 Å². The Hall–Kier alpha value is -1.46. The van der Waals surface area contributed by atoms with Crippen molar-refractivity contribution < 1.29 is 9.53 Å². The van der Waals surface area contributed by atoms with E-state index in [4.69, 9.17) is 4.74 Å². The molecule has 2 heterocycles. The van der Waals surface area contributed by atoms with Crippen LogP contribution in [0, 0.1) is 5.92 Å². The maximum absolute atomic E-state index is 12.1. The second-order valence-electron chi connectivity index (χ2n) is 5.41. The first-order valence-corrected chi connectivity index (χ1v) is 7.18. The molecule has 1 aromatic rings. The van der Waals surface area contributed by atoms with E-state index >= 15 is 0 Å². The average molecular weight is 277 g/mol. The van der Waals surface area contributed by atoms with Gasteiger partial charge in [0.2, 0.25) is 0 Å². The van der Waals surface area contributed by atoms with E-state index in [9.17, 15) is 4.79 Å². The topological polar surface area (TPSA) is 54.5 Å². The molecule has 1 amide bonds. The van der Waals surface area contributed by atoms with E-state index in [1.54, 1.807) is 24.5 Å². The van der Waals surface area contributed by atoms with Crippen LogP contribution in [0.5, 0.6) is 0 Å². The lowest BCUT2D eigenvalue weighted by Gasteiger charge is -2.36. The maximum atomic E-state index is 12.1. The molecule has 1 N–H and O–H groups in total. The number of carbonyl (C=O) groups is 1. The van der Waals surface area contributed by atoms with Crippen molar-refractivity contribution in [1.82, 2.24) is 15.2 Å². The van der Waals surface area contributed by atoms with E-state index in [0.29, 0.717) is 24.1 Å². The largest absolute Gasteiger partial charge is 0.379 e. The number of pyridine rings is 1. The number of morpholine rings is 1. The fourth-order valence-electron chi connectivity index (χ4n) is 2.49. The van der Waals surface area contributed by atoms with Gasteiger partial charge in [-0.2, -0.15) is 0 Å². The third-order valence-electron chi connectivity index (χ3n) is 3.68. The van der Waals surface area contributed by atoms with Gasteiger partial charge in [-0.15, -0.1) is 0 Å². The third-order valence-corrected chi connectivity index (χ3v) is 3.68. The lowest BCUT2D eigenvalue weighted by Crippen LogP contribution is -2.51. The van der Waals surface area contributed by atoms with Crippen LogP contribution in [-0.2, 0) is 4.74 Å². The number of carbonyl (C=O) groups excluding carboxylic acids is 1. The Labute approximate surface area is 120 Å². The zero-order valence-electron chi connectivity index (χ0n) is 12.2. The number of nitrogens with zero attached hydrogens (tertiary/aromatic N) is 2. The molecule has 0 saturated carbocycles. The molecule has 0 bridgehead atoms. The van der Waals surface area contributed by atoms with Crippen molar-refractivity contribution in [3.05, 3.63) is 30.1 Å². The van der Waals surface area contributed by atoms with Gasteiger partial charge < -0.3 is 10.1 Å². The number of hydrogen-bond acceptors (Lipinski definition) is 4. The first kappa shape index (κ1) is 14.9. The van der Waals surface area contributed by atoms with Gasteiger partial charge in [0.25, 0.3) is 5.91 Å². The minimum absolute atomic E-state index is 0.0583. The fraction of sp³-hybridized carbons (Fsp3) is 0.600. The van der Waals surface area contributed by atoms with Crippen LogP contribution in [0.15, 0.2) is 24.5 Å². The molecule has 20 heavy (non-hydrogen) atoms. The molecule has 1 aromatic heterocycles. The minimum atomic E-state index is -0.0583. The Morgan fingerprint density at radius 3 is 2.80 bits per heavy atom. The number of hydrogen-bond donors (Lipinski definition) is 1. The van der Waals surface area contributed by atoms with Crippen molar-refractivity contribution in [3.63, 3.8) is 0 Å². The van der Waals surface area contributed by atoms with E-state index in [1.165, 1.54) is 0 Å². The molecule has 1 atom stereocenters. The number of aromatic nitrogens is 1. The highest BCUT2D eigenvalue weighted by Crippen LogP contribution is 2.12. The fourth-order valence-corrected chi connectivity index (χ4v) is 2.49. The van der Waals surface area contributed by atoms with Gasteiger partial charge in [0.15, 0.2) is 0 Å². The van der Waals surface area contributed by atoms with E-state index < -0.39 is 0 Å². The van der Waals surface area contributed by atoms with Gasteiger partial charge in [0.1, 0.15) is 0 Å². The zero-order valence-corrected chi connectivity index (χ0v) is 12.2.